The van der Waals surface area contributed by atoms with Gasteiger partial charge in [-0.3, -0.25) is 0 Å². The molecule has 1 aliphatic rings. The summed E-state index contributed by atoms with van der Waals surface area (Å²) in [5.74, 6) is 0. The molecule has 0 radical (unpaired) electrons. The maximum atomic E-state index is 6.00. The Morgan fingerprint density at radius 2 is 2.33 bits per heavy atom. The van der Waals surface area contributed by atoms with Gasteiger partial charge >= 0.3 is 0 Å². The van der Waals surface area contributed by atoms with Gasteiger partial charge in [0.15, 0.2) is 0 Å². The lowest BCUT2D eigenvalue weighted by Gasteiger charge is -2.29. The normalized spacial score (nSPS) is 28.0. The van der Waals surface area contributed by atoms with E-state index in [1.54, 1.807) is 11.3 Å². The SMILES string of the molecule is CC1OCCC1(CN)Cc1nc2ccccc2s1. The van der Waals surface area contributed by atoms with Gasteiger partial charge in [-0.2, -0.15) is 0 Å². The Balaban J connectivity index is 1.91. The highest BCUT2D eigenvalue weighted by Crippen LogP contribution is 2.38. The summed E-state index contributed by atoms with van der Waals surface area (Å²) in [7, 11) is 0. The second-order valence-corrected chi connectivity index (χ2v) is 6.20. The van der Waals surface area contributed by atoms with E-state index < -0.39 is 0 Å². The average Bonchev–Trinajstić information content (AvgIpc) is 2.94. The van der Waals surface area contributed by atoms with Crippen LogP contribution >= 0.6 is 11.3 Å². The van der Waals surface area contributed by atoms with Gasteiger partial charge in [-0.25, -0.2) is 4.98 Å². The lowest BCUT2D eigenvalue weighted by molar-refractivity contribution is 0.0673. The first-order valence-corrected chi connectivity index (χ1v) is 7.21. The molecule has 2 heterocycles. The van der Waals surface area contributed by atoms with Crippen LogP contribution < -0.4 is 5.73 Å². The first-order chi connectivity index (χ1) is 8.73. The third-order valence-electron chi connectivity index (χ3n) is 4.08. The molecule has 0 saturated carbocycles. The van der Waals surface area contributed by atoms with Crippen molar-refractivity contribution in [2.75, 3.05) is 13.2 Å². The summed E-state index contributed by atoms with van der Waals surface area (Å²) in [5.41, 5.74) is 7.17. The fourth-order valence-electron chi connectivity index (χ4n) is 2.69. The predicted molar refractivity (Wildman–Crippen MR) is 74.8 cm³/mol. The maximum Gasteiger partial charge on any atom is 0.0945 e. The van der Waals surface area contributed by atoms with Crippen molar-refractivity contribution in [1.82, 2.24) is 4.98 Å². The van der Waals surface area contributed by atoms with Gasteiger partial charge in [0.05, 0.1) is 21.3 Å². The summed E-state index contributed by atoms with van der Waals surface area (Å²) in [6.07, 6.45) is 2.21. The Labute approximate surface area is 111 Å². The van der Waals surface area contributed by atoms with Crippen molar-refractivity contribution in [3.63, 3.8) is 0 Å². The zero-order valence-corrected chi connectivity index (χ0v) is 11.4. The molecule has 0 bridgehead atoms. The molecule has 0 amide bonds. The van der Waals surface area contributed by atoms with E-state index >= 15 is 0 Å². The van der Waals surface area contributed by atoms with Crippen LogP contribution in [-0.2, 0) is 11.2 Å². The van der Waals surface area contributed by atoms with Crippen LogP contribution in [0.15, 0.2) is 24.3 Å². The highest BCUT2D eigenvalue weighted by molar-refractivity contribution is 7.18. The number of aromatic nitrogens is 1. The van der Waals surface area contributed by atoms with Gasteiger partial charge in [0, 0.05) is 25.0 Å². The fraction of sp³-hybridized carbons (Fsp3) is 0.500. The van der Waals surface area contributed by atoms with Crippen LogP contribution in [0.1, 0.15) is 18.4 Å². The molecule has 0 aliphatic carbocycles. The summed E-state index contributed by atoms with van der Waals surface area (Å²) < 4.78 is 6.96. The minimum atomic E-state index is 0.0773. The van der Waals surface area contributed by atoms with E-state index in [0.717, 1.165) is 25.0 Å². The van der Waals surface area contributed by atoms with Crippen molar-refractivity contribution in [2.24, 2.45) is 11.1 Å². The third-order valence-corrected chi connectivity index (χ3v) is 5.11. The van der Waals surface area contributed by atoms with Crippen LogP contribution in [0.5, 0.6) is 0 Å². The van der Waals surface area contributed by atoms with Crippen molar-refractivity contribution in [1.29, 1.82) is 0 Å². The molecule has 2 aromatic rings. The smallest absolute Gasteiger partial charge is 0.0945 e. The lowest BCUT2D eigenvalue weighted by atomic mass is 9.79. The van der Waals surface area contributed by atoms with Crippen LogP contribution in [0, 0.1) is 5.41 Å². The van der Waals surface area contributed by atoms with Crippen molar-refractivity contribution in [2.45, 2.75) is 25.9 Å². The van der Waals surface area contributed by atoms with Gasteiger partial charge in [-0.15, -0.1) is 11.3 Å². The van der Waals surface area contributed by atoms with E-state index in [4.69, 9.17) is 15.5 Å². The quantitative estimate of drug-likeness (QED) is 0.925. The van der Waals surface area contributed by atoms with Crippen LogP contribution in [-0.4, -0.2) is 24.2 Å². The van der Waals surface area contributed by atoms with Crippen molar-refractivity contribution in [3.8, 4) is 0 Å². The van der Waals surface area contributed by atoms with E-state index in [1.807, 2.05) is 6.07 Å². The van der Waals surface area contributed by atoms with Crippen molar-refractivity contribution < 1.29 is 4.74 Å². The Morgan fingerprint density at radius 1 is 1.50 bits per heavy atom. The van der Waals surface area contributed by atoms with Gasteiger partial charge in [-0.1, -0.05) is 12.1 Å². The van der Waals surface area contributed by atoms with Gasteiger partial charge in [0.25, 0.3) is 0 Å². The van der Waals surface area contributed by atoms with E-state index in [1.165, 1.54) is 9.71 Å². The largest absolute Gasteiger partial charge is 0.378 e. The van der Waals surface area contributed by atoms with E-state index in [-0.39, 0.29) is 11.5 Å². The molecule has 0 spiro atoms. The van der Waals surface area contributed by atoms with Crippen LogP contribution in [0.2, 0.25) is 0 Å². The number of thiazole rings is 1. The standard InChI is InChI=1S/C14H18N2OS/c1-10-14(9-15,6-7-17-10)8-13-16-11-4-2-3-5-12(11)18-13/h2-5,10H,6-9,15H2,1H3. The number of rotatable bonds is 3. The van der Waals surface area contributed by atoms with E-state index in [2.05, 4.69) is 25.1 Å². The van der Waals surface area contributed by atoms with Crippen molar-refractivity contribution >= 4 is 21.6 Å². The van der Waals surface area contributed by atoms with Gasteiger partial charge in [0.1, 0.15) is 0 Å². The van der Waals surface area contributed by atoms with Gasteiger partial charge in [-0.05, 0) is 25.5 Å². The first kappa shape index (κ1) is 12.1. The molecule has 1 aliphatic heterocycles. The molecule has 2 unspecified atom stereocenters. The average molecular weight is 262 g/mol. The van der Waals surface area contributed by atoms with Crippen LogP contribution in [0.3, 0.4) is 0 Å². The molecule has 2 atom stereocenters. The minimum Gasteiger partial charge on any atom is -0.378 e. The number of hydrogen-bond acceptors (Lipinski definition) is 4. The monoisotopic (exact) mass is 262 g/mol. The molecule has 3 nitrogen and oxygen atoms in total. The summed E-state index contributed by atoms with van der Waals surface area (Å²) >= 11 is 1.78. The molecule has 3 rings (SSSR count). The second kappa shape index (κ2) is 4.61. The Morgan fingerprint density at radius 3 is 3.00 bits per heavy atom. The summed E-state index contributed by atoms with van der Waals surface area (Å²) in [4.78, 5) is 4.71. The second-order valence-electron chi connectivity index (χ2n) is 5.08. The Bertz CT molecular complexity index is 520. The zero-order chi connectivity index (χ0) is 12.6. The number of nitrogens with two attached hydrogens (primary N) is 1. The predicted octanol–water partition coefficient (Wildman–Crippen LogP) is 2.59. The molecule has 96 valence electrons. The molecule has 1 aromatic carbocycles. The zero-order valence-electron chi connectivity index (χ0n) is 10.6. The van der Waals surface area contributed by atoms with E-state index in [0.29, 0.717) is 6.54 Å². The third kappa shape index (κ3) is 1.94. The maximum absolute atomic E-state index is 6.00. The van der Waals surface area contributed by atoms with Crippen LogP contribution in [0.25, 0.3) is 10.2 Å². The number of benzene rings is 1. The molecule has 1 fully saturated rings. The fourth-order valence-corrected chi connectivity index (χ4v) is 3.81. The number of hydrogen-bond donors (Lipinski definition) is 1. The Kier molecular flexibility index (Phi) is 3.09. The highest BCUT2D eigenvalue weighted by Gasteiger charge is 2.41. The topological polar surface area (TPSA) is 48.1 Å². The van der Waals surface area contributed by atoms with Crippen molar-refractivity contribution in [3.05, 3.63) is 29.3 Å². The van der Waals surface area contributed by atoms with Gasteiger partial charge in [0.2, 0.25) is 0 Å². The number of nitrogens with zero attached hydrogens (tertiary/aromatic N) is 1. The first-order valence-electron chi connectivity index (χ1n) is 6.40. The molecule has 1 aromatic heterocycles. The minimum absolute atomic E-state index is 0.0773. The lowest BCUT2D eigenvalue weighted by Crippen LogP contribution is -2.38. The molecule has 1 saturated heterocycles. The van der Waals surface area contributed by atoms with Gasteiger partial charge < -0.3 is 10.5 Å². The number of para-hydroxylation sites is 1. The van der Waals surface area contributed by atoms with Crippen LogP contribution in [0.4, 0.5) is 0 Å². The molecule has 2 N–H and O–H groups in total. The molecule has 4 heteroatoms. The molecular formula is C14H18N2OS. The molecule has 18 heavy (non-hydrogen) atoms. The molecular weight excluding hydrogens is 244 g/mol. The number of fused-ring (bicyclic) bond motifs is 1. The Hall–Kier alpha value is -0.970. The summed E-state index contributed by atoms with van der Waals surface area (Å²) in [5, 5.41) is 1.18. The summed E-state index contributed by atoms with van der Waals surface area (Å²) in [6, 6.07) is 8.29. The number of ether oxygens (including phenoxy) is 1. The highest BCUT2D eigenvalue weighted by atomic mass is 32.1. The summed E-state index contributed by atoms with van der Waals surface area (Å²) in [6.45, 7) is 3.63. The van der Waals surface area contributed by atoms with E-state index in [9.17, 15) is 0 Å².